The zero-order chi connectivity index (χ0) is 20.9. The predicted molar refractivity (Wildman–Crippen MR) is 108 cm³/mol. The molecule has 1 aliphatic heterocycles. The molecule has 2 N–H and O–H groups in total. The number of hydrogen-bond acceptors (Lipinski definition) is 7. The molecule has 1 aromatic carbocycles. The molecule has 1 heterocycles. The summed E-state index contributed by atoms with van der Waals surface area (Å²) in [4.78, 5) is 27.6. The number of anilines is 2. The van der Waals surface area contributed by atoms with Crippen LogP contribution in [0, 0.1) is 0 Å². The van der Waals surface area contributed by atoms with E-state index in [1.807, 2.05) is 33.8 Å². The van der Waals surface area contributed by atoms with Crippen LogP contribution in [0.25, 0.3) is 0 Å². The second-order valence-corrected chi connectivity index (χ2v) is 7.78. The molecule has 1 fully saturated rings. The molecule has 0 aromatic heterocycles. The third kappa shape index (κ3) is 5.94. The van der Waals surface area contributed by atoms with Crippen LogP contribution in [0.4, 0.5) is 16.2 Å². The minimum Gasteiger partial charge on any atom is -0.482 e. The number of benzene rings is 1. The summed E-state index contributed by atoms with van der Waals surface area (Å²) >= 11 is 0. The molecule has 0 saturated carbocycles. The molecular weight excluding hydrogens is 362 g/mol. The smallest absolute Gasteiger partial charge is 0.410 e. The molecule has 1 atom stereocenters. The van der Waals surface area contributed by atoms with E-state index in [9.17, 15) is 9.59 Å². The number of piperazine rings is 1. The van der Waals surface area contributed by atoms with Gasteiger partial charge in [-0.1, -0.05) is 0 Å². The molecule has 1 aromatic rings. The molecule has 0 bridgehead atoms. The molecule has 0 radical (unpaired) electrons. The first-order chi connectivity index (χ1) is 13.1. The largest absolute Gasteiger partial charge is 0.482 e. The van der Waals surface area contributed by atoms with Gasteiger partial charge >= 0.3 is 12.1 Å². The maximum absolute atomic E-state index is 12.4. The number of esters is 1. The number of carbonyl (C=O) groups excluding carboxylic acids is 2. The molecule has 1 aliphatic rings. The van der Waals surface area contributed by atoms with Crippen molar-refractivity contribution in [3.63, 3.8) is 0 Å². The SMILES string of the molecule is CCOC(=O)COc1ccc(N2CCN(C(=O)OC(C)(C)C)[C@@H](C)C2)c(N)c1. The lowest BCUT2D eigenvalue weighted by atomic mass is 10.1. The molecule has 0 aliphatic carbocycles. The second-order valence-electron chi connectivity index (χ2n) is 7.78. The topological polar surface area (TPSA) is 94.3 Å². The Hall–Kier alpha value is -2.64. The van der Waals surface area contributed by atoms with Crippen molar-refractivity contribution in [2.75, 3.05) is 43.5 Å². The van der Waals surface area contributed by atoms with E-state index in [2.05, 4.69) is 4.90 Å². The van der Waals surface area contributed by atoms with Gasteiger partial charge in [0.15, 0.2) is 6.61 Å². The van der Waals surface area contributed by atoms with Crippen LogP contribution in [0.2, 0.25) is 0 Å². The average molecular weight is 393 g/mol. The molecular formula is C20H31N3O5. The van der Waals surface area contributed by atoms with Gasteiger partial charge in [-0.2, -0.15) is 0 Å². The van der Waals surface area contributed by atoms with E-state index in [0.717, 1.165) is 5.69 Å². The number of hydrogen-bond donors (Lipinski definition) is 1. The maximum Gasteiger partial charge on any atom is 0.410 e. The van der Waals surface area contributed by atoms with Crippen LogP contribution < -0.4 is 15.4 Å². The van der Waals surface area contributed by atoms with E-state index in [1.54, 1.807) is 24.0 Å². The van der Waals surface area contributed by atoms with Gasteiger partial charge in [0.1, 0.15) is 11.4 Å². The number of amides is 1. The Morgan fingerprint density at radius 1 is 1.25 bits per heavy atom. The van der Waals surface area contributed by atoms with E-state index in [-0.39, 0.29) is 18.7 Å². The van der Waals surface area contributed by atoms with Crippen molar-refractivity contribution in [2.24, 2.45) is 0 Å². The summed E-state index contributed by atoms with van der Waals surface area (Å²) in [6.45, 7) is 11.3. The highest BCUT2D eigenvalue weighted by molar-refractivity contribution is 5.73. The fourth-order valence-corrected chi connectivity index (χ4v) is 3.02. The third-order valence-corrected chi connectivity index (χ3v) is 4.26. The van der Waals surface area contributed by atoms with Gasteiger partial charge in [-0.3, -0.25) is 0 Å². The summed E-state index contributed by atoms with van der Waals surface area (Å²) in [7, 11) is 0. The lowest BCUT2D eigenvalue weighted by molar-refractivity contribution is -0.145. The van der Waals surface area contributed by atoms with E-state index in [0.29, 0.717) is 37.7 Å². The number of nitrogens with two attached hydrogens (primary N) is 1. The molecule has 28 heavy (non-hydrogen) atoms. The number of nitrogens with zero attached hydrogens (tertiary/aromatic N) is 2. The minimum atomic E-state index is -0.516. The van der Waals surface area contributed by atoms with Crippen LogP contribution >= 0.6 is 0 Å². The predicted octanol–water partition coefficient (Wildman–Crippen LogP) is 2.66. The summed E-state index contributed by atoms with van der Waals surface area (Å²) in [5.74, 6) is 0.0898. The van der Waals surface area contributed by atoms with Crippen molar-refractivity contribution in [3.8, 4) is 5.75 Å². The van der Waals surface area contributed by atoms with Crippen molar-refractivity contribution in [2.45, 2.75) is 46.3 Å². The fourth-order valence-electron chi connectivity index (χ4n) is 3.02. The van der Waals surface area contributed by atoms with E-state index in [4.69, 9.17) is 19.9 Å². The van der Waals surface area contributed by atoms with Crippen LogP contribution in [-0.2, 0) is 14.3 Å². The molecule has 0 unspecified atom stereocenters. The van der Waals surface area contributed by atoms with Crippen molar-refractivity contribution >= 4 is 23.4 Å². The Bertz CT molecular complexity index is 702. The Morgan fingerprint density at radius 3 is 2.54 bits per heavy atom. The minimum absolute atomic E-state index is 0.0114. The first-order valence-corrected chi connectivity index (χ1v) is 9.53. The van der Waals surface area contributed by atoms with Gasteiger partial charge in [-0.25, -0.2) is 9.59 Å². The standard InChI is InChI=1S/C20H31N3O5/c1-6-26-18(24)13-27-15-7-8-17(16(21)11-15)22-9-10-23(14(2)12-22)19(25)28-20(3,4)5/h7-8,11,14H,6,9-10,12-13,21H2,1-5H3/t14-/m0/s1. The van der Waals surface area contributed by atoms with Crippen LogP contribution in [-0.4, -0.2) is 61.5 Å². The highest BCUT2D eigenvalue weighted by Crippen LogP contribution is 2.30. The highest BCUT2D eigenvalue weighted by atomic mass is 16.6. The van der Waals surface area contributed by atoms with Crippen molar-refractivity contribution in [1.29, 1.82) is 0 Å². The molecule has 2 rings (SSSR count). The van der Waals surface area contributed by atoms with Gasteiger partial charge in [-0.15, -0.1) is 0 Å². The van der Waals surface area contributed by atoms with Crippen molar-refractivity contribution in [3.05, 3.63) is 18.2 Å². The van der Waals surface area contributed by atoms with Crippen molar-refractivity contribution in [1.82, 2.24) is 4.90 Å². The Kier molecular flexibility index (Phi) is 6.99. The van der Waals surface area contributed by atoms with Gasteiger partial charge in [0, 0.05) is 31.7 Å². The van der Waals surface area contributed by atoms with Crippen LogP contribution in [0.1, 0.15) is 34.6 Å². The van der Waals surface area contributed by atoms with E-state index in [1.165, 1.54) is 0 Å². The first-order valence-electron chi connectivity index (χ1n) is 9.53. The average Bonchev–Trinajstić information content (AvgIpc) is 2.58. The number of ether oxygens (including phenoxy) is 3. The lowest BCUT2D eigenvalue weighted by Gasteiger charge is -2.41. The van der Waals surface area contributed by atoms with Crippen LogP contribution in [0.5, 0.6) is 5.75 Å². The molecule has 156 valence electrons. The zero-order valence-electron chi connectivity index (χ0n) is 17.4. The fraction of sp³-hybridized carbons (Fsp3) is 0.600. The Balaban J connectivity index is 1.97. The highest BCUT2D eigenvalue weighted by Gasteiger charge is 2.31. The first kappa shape index (κ1) is 21.7. The maximum atomic E-state index is 12.4. The van der Waals surface area contributed by atoms with Crippen LogP contribution in [0.3, 0.4) is 0 Å². The molecule has 8 nitrogen and oxygen atoms in total. The van der Waals surface area contributed by atoms with Gasteiger partial charge in [0.25, 0.3) is 0 Å². The van der Waals surface area contributed by atoms with Crippen LogP contribution in [0.15, 0.2) is 18.2 Å². The molecule has 0 spiro atoms. The summed E-state index contributed by atoms with van der Waals surface area (Å²) < 4.78 is 15.7. The summed E-state index contributed by atoms with van der Waals surface area (Å²) in [5, 5.41) is 0. The van der Waals surface area contributed by atoms with Crippen molar-refractivity contribution < 1.29 is 23.8 Å². The Morgan fingerprint density at radius 2 is 1.96 bits per heavy atom. The van der Waals surface area contributed by atoms with Gasteiger partial charge < -0.3 is 29.7 Å². The molecule has 1 saturated heterocycles. The third-order valence-electron chi connectivity index (χ3n) is 4.26. The number of rotatable bonds is 5. The summed E-state index contributed by atoms with van der Waals surface area (Å²) in [5.41, 5.74) is 7.11. The number of nitrogen functional groups attached to an aromatic ring is 1. The van der Waals surface area contributed by atoms with Gasteiger partial charge in [-0.05, 0) is 46.8 Å². The Labute approximate surface area is 166 Å². The normalized spacial score (nSPS) is 17.2. The monoisotopic (exact) mass is 393 g/mol. The van der Waals surface area contributed by atoms with E-state index >= 15 is 0 Å². The molecule has 1 amide bonds. The summed E-state index contributed by atoms with van der Waals surface area (Å²) in [6, 6.07) is 5.32. The van der Waals surface area contributed by atoms with Gasteiger partial charge in [0.05, 0.1) is 18.0 Å². The quantitative estimate of drug-likeness (QED) is 0.607. The lowest BCUT2D eigenvalue weighted by Crippen LogP contribution is -2.55. The second kappa shape index (κ2) is 9.03. The zero-order valence-corrected chi connectivity index (χ0v) is 17.4. The summed E-state index contributed by atoms with van der Waals surface area (Å²) in [6.07, 6.45) is -0.296. The number of carbonyl (C=O) groups is 2. The van der Waals surface area contributed by atoms with Gasteiger partial charge in [0.2, 0.25) is 0 Å². The molecule has 8 heteroatoms. The van der Waals surface area contributed by atoms with E-state index < -0.39 is 11.6 Å².